The quantitative estimate of drug-likeness (QED) is 0.767. The lowest BCUT2D eigenvalue weighted by Crippen LogP contribution is -2.22. The summed E-state index contributed by atoms with van der Waals surface area (Å²) in [6, 6.07) is 0. The van der Waals surface area contributed by atoms with Crippen molar-refractivity contribution in [2.45, 2.75) is 13.8 Å². The Morgan fingerprint density at radius 2 is 1.76 bits per heavy atom. The van der Waals surface area contributed by atoms with Crippen LogP contribution in [-0.4, -0.2) is 17.5 Å². The highest BCUT2D eigenvalue weighted by atomic mass is 16.1. The summed E-state index contributed by atoms with van der Waals surface area (Å²) in [6.45, 7) is 2.82. The minimum Gasteiger partial charge on any atom is -0.326 e. The molecule has 0 radical (unpaired) electrons. The van der Waals surface area contributed by atoms with Crippen LogP contribution >= 0.6 is 0 Å². The summed E-state index contributed by atoms with van der Waals surface area (Å²) in [6.07, 6.45) is 6.26. The van der Waals surface area contributed by atoms with Crippen molar-refractivity contribution in [3.63, 3.8) is 0 Å². The van der Waals surface area contributed by atoms with Crippen LogP contribution in [0, 0.1) is 0 Å². The van der Waals surface area contributed by atoms with Gasteiger partial charge in [0.05, 0.1) is 0 Å². The molecule has 0 unspecified atom stereocenters. The molecule has 0 aromatic carbocycles. The Bertz CT molecular complexity index is 559. The standard InChI is InChI=1S/C13H11NO3/c1-7(15)10-3-4-11-12(10)5-9(6-13(11)17)14-8(2)16/h3-6H,1-2H3,(H,14,16). The van der Waals surface area contributed by atoms with Gasteiger partial charge in [-0.3, -0.25) is 14.4 Å². The number of ketones is 2. The number of Topliss-reactive ketones (excluding diaryl/α,β-unsaturated/α-hetero) is 1. The van der Waals surface area contributed by atoms with Crippen LogP contribution in [-0.2, 0) is 14.4 Å². The Labute approximate surface area is 98.4 Å². The molecule has 17 heavy (non-hydrogen) atoms. The maximum atomic E-state index is 11.8. The third-order valence-electron chi connectivity index (χ3n) is 2.55. The SMILES string of the molecule is CC(=O)NC1=CC(=O)C2=CC=C(C(C)=O)C2=C1. The van der Waals surface area contributed by atoms with Gasteiger partial charge in [-0.25, -0.2) is 0 Å². The molecule has 0 aliphatic heterocycles. The second kappa shape index (κ2) is 3.97. The number of rotatable bonds is 2. The van der Waals surface area contributed by atoms with Crippen LogP contribution in [0.25, 0.3) is 0 Å². The zero-order chi connectivity index (χ0) is 12.6. The third-order valence-corrected chi connectivity index (χ3v) is 2.55. The first-order chi connectivity index (χ1) is 7.99. The summed E-state index contributed by atoms with van der Waals surface area (Å²) in [5.74, 6) is -0.544. The normalized spacial score (nSPS) is 17.6. The van der Waals surface area contributed by atoms with E-state index in [0.717, 1.165) is 0 Å². The summed E-state index contributed by atoms with van der Waals surface area (Å²) in [5, 5.41) is 2.54. The van der Waals surface area contributed by atoms with Crippen molar-refractivity contribution in [1.82, 2.24) is 5.32 Å². The highest BCUT2D eigenvalue weighted by molar-refractivity contribution is 6.16. The molecule has 2 aliphatic carbocycles. The van der Waals surface area contributed by atoms with Crippen LogP contribution in [0.15, 0.2) is 46.7 Å². The predicted octanol–water partition coefficient (Wildman–Crippen LogP) is 0.971. The molecule has 0 atom stereocenters. The van der Waals surface area contributed by atoms with Crippen LogP contribution in [0.2, 0.25) is 0 Å². The van der Waals surface area contributed by atoms with Crippen LogP contribution in [0.3, 0.4) is 0 Å². The number of hydrogen-bond acceptors (Lipinski definition) is 3. The third kappa shape index (κ3) is 2.01. The molecule has 0 fully saturated rings. The molecule has 4 nitrogen and oxygen atoms in total. The minimum atomic E-state index is -0.250. The largest absolute Gasteiger partial charge is 0.326 e. The Balaban J connectivity index is 2.39. The number of fused-ring (bicyclic) bond motifs is 1. The molecule has 0 aromatic heterocycles. The molecule has 0 saturated heterocycles. The summed E-state index contributed by atoms with van der Waals surface area (Å²) in [5.41, 5.74) is 2.02. The first-order valence-corrected chi connectivity index (χ1v) is 5.18. The molecule has 4 heteroatoms. The molecule has 0 spiro atoms. The highest BCUT2D eigenvalue weighted by Crippen LogP contribution is 2.31. The summed E-state index contributed by atoms with van der Waals surface area (Å²) in [7, 11) is 0. The van der Waals surface area contributed by atoms with Gasteiger partial charge in [-0.15, -0.1) is 0 Å². The number of hydrogen-bond donors (Lipinski definition) is 1. The van der Waals surface area contributed by atoms with E-state index in [1.54, 1.807) is 18.2 Å². The summed E-state index contributed by atoms with van der Waals surface area (Å²) in [4.78, 5) is 34.1. The van der Waals surface area contributed by atoms with Crippen LogP contribution in [0.4, 0.5) is 0 Å². The summed E-state index contributed by atoms with van der Waals surface area (Å²) >= 11 is 0. The van der Waals surface area contributed by atoms with Gasteiger partial charge in [-0.05, 0) is 24.6 Å². The van der Waals surface area contributed by atoms with E-state index in [2.05, 4.69) is 5.32 Å². The monoisotopic (exact) mass is 229 g/mol. The van der Waals surface area contributed by atoms with Gasteiger partial charge in [-0.1, -0.05) is 6.08 Å². The van der Waals surface area contributed by atoms with Gasteiger partial charge in [-0.2, -0.15) is 0 Å². The maximum Gasteiger partial charge on any atom is 0.221 e. The molecule has 86 valence electrons. The predicted molar refractivity (Wildman–Crippen MR) is 61.8 cm³/mol. The second-order valence-corrected chi connectivity index (χ2v) is 3.92. The van der Waals surface area contributed by atoms with Crippen molar-refractivity contribution in [3.8, 4) is 0 Å². The van der Waals surface area contributed by atoms with Gasteiger partial charge >= 0.3 is 0 Å². The topological polar surface area (TPSA) is 63.2 Å². The minimum absolute atomic E-state index is 0.0978. The molecule has 0 saturated carbocycles. The lowest BCUT2D eigenvalue weighted by atomic mass is 9.92. The van der Waals surface area contributed by atoms with Gasteiger partial charge in [0.25, 0.3) is 0 Å². The molecule has 1 amide bonds. The fraction of sp³-hybridized carbons (Fsp3) is 0.154. The molecule has 2 rings (SSSR count). The Hall–Kier alpha value is -2.23. The average molecular weight is 229 g/mol. The zero-order valence-corrected chi connectivity index (χ0v) is 9.53. The molecular weight excluding hydrogens is 218 g/mol. The molecule has 0 heterocycles. The van der Waals surface area contributed by atoms with Crippen LogP contribution in [0.5, 0.6) is 0 Å². The second-order valence-electron chi connectivity index (χ2n) is 3.92. The lowest BCUT2D eigenvalue weighted by molar-refractivity contribution is -0.118. The fourth-order valence-corrected chi connectivity index (χ4v) is 1.86. The van der Waals surface area contributed by atoms with E-state index < -0.39 is 0 Å². The van der Waals surface area contributed by atoms with Crippen molar-refractivity contribution in [3.05, 3.63) is 46.7 Å². The summed E-state index contributed by atoms with van der Waals surface area (Å²) < 4.78 is 0. The van der Waals surface area contributed by atoms with Gasteiger partial charge < -0.3 is 5.32 Å². The van der Waals surface area contributed by atoms with Crippen molar-refractivity contribution in [2.75, 3.05) is 0 Å². The number of nitrogens with one attached hydrogen (secondary N) is 1. The highest BCUT2D eigenvalue weighted by Gasteiger charge is 2.26. The van der Waals surface area contributed by atoms with E-state index in [4.69, 9.17) is 0 Å². The molecule has 0 aromatic rings. The van der Waals surface area contributed by atoms with Crippen molar-refractivity contribution in [1.29, 1.82) is 0 Å². The van der Waals surface area contributed by atoms with Crippen molar-refractivity contribution in [2.24, 2.45) is 0 Å². The smallest absolute Gasteiger partial charge is 0.221 e. The zero-order valence-electron chi connectivity index (χ0n) is 9.53. The van der Waals surface area contributed by atoms with Crippen LogP contribution in [0.1, 0.15) is 13.8 Å². The molecular formula is C13H11NO3. The van der Waals surface area contributed by atoms with E-state index in [-0.39, 0.29) is 17.5 Å². The van der Waals surface area contributed by atoms with Gasteiger partial charge in [0, 0.05) is 29.8 Å². The number of carbonyl (C=O) groups excluding carboxylic acids is 3. The number of carbonyl (C=O) groups is 3. The Morgan fingerprint density at radius 3 is 2.35 bits per heavy atom. The fourth-order valence-electron chi connectivity index (χ4n) is 1.86. The Kier molecular flexibility index (Phi) is 2.63. The molecule has 2 aliphatic rings. The average Bonchev–Trinajstić information content (AvgIpc) is 2.60. The molecule has 1 N–H and O–H groups in total. The number of allylic oxidation sites excluding steroid dienone is 7. The van der Waals surface area contributed by atoms with Crippen LogP contribution < -0.4 is 5.32 Å². The van der Waals surface area contributed by atoms with E-state index in [1.807, 2.05) is 0 Å². The van der Waals surface area contributed by atoms with E-state index >= 15 is 0 Å². The molecule has 0 bridgehead atoms. The first kappa shape index (κ1) is 11.3. The van der Waals surface area contributed by atoms with Gasteiger partial charge in [0.2, 0.25) is 5.91 Å². The van der Waals surface area contributed by atoms with E-state index in [1.165, 1.54) is 19.9 Å². The number of amides is 1. The van der Waals surface area contributed by atoms with Gasteiger partial charge in [0.15, 0.2) is 11.6 Å². The van der Waals surface area contributed by atoms with E-state index in [9.17, 15) is 14.4 Å². The van der Waals surface area contributed by atoms with Crippen molar-refractivity contribution >= 4 is 17.5 Å². The first-order valence-electron chi connectivity index (χ1n) is 5.18. The van der Waals surface area contributed by atoms with E-state index in [0.29, 0.717) is 22.4 Å². The van der Waals surface area contributed by atoms with Gasteiger partial charge in [0.1, 0.15) is 0 Å². The maximum absolute atomic E-state index is 11.8. The Morgan fingerprint density at radius 1 is 1.06 bits per heavy atom. The lowest BCUT2D eigenvalue weighted by Gasteiger charge is -2.14. The van der Waals surface area contributed by atoms with Crippen molar-refractivity contribution < 1.29 is 14.4 Å².